The summed E-state index contributed by atoms with van der Waals surface area (Å²) in [5, 5.41) is 12.4. The second-order valence-corrected chi connectivity index (χ2v) is 12.4. The fourth-order valence-electron chi connectivity index (χ4n) is 5.98. The van der Waals surface area contributed by atoms with E-state index in [1.165, 1.54) is 12.3 Å². The molecule has 1 amide bonds. The second-order valence-electron chi connectivity index (χ2n) is 12.4. The Hall–Kier alpha value is -3.83. The number of fused-ring (bicyclic) bond motifs is 1. The number of rotatable bonds is 5. The molecular formula is C31H37F2N7O2. The van der Waals surface area contributed by atoms with Crippen LogP contribution < -0.4 is 10.2 Å². The number of nitrogens with zero attached hydrogens (tertiary/aromatic N) is 6. The highest BCUT2D eigenvalue weighted by Gasteiger charge is 2.28. The van der Waals surface area contributed by atoms with Crippen molar-refractivity contribution in [3.05, 3.63) is 59.6 Å². The number of amides is 1. The standard InChI is InChI=1S/C31H37F2N7O2/c1-19-12-25(32)26(36-30(41)24-17-35-40(29(24)33)31(2,3)4)15-23(19)20-13-21-16-34-39(22-6-7-37(5)18-22)28(21)27(14-20)38-8-10-42-11-9-38/h12-17,22H,6-11,18H2,1-5H3,(H,36,41). The topological polar surface area (TPSA) is 80.5 Å². The quantitative estimate of drug-likeness (QED) is 0.351. The maximum Gasteiger partial charge on any atom is 0.262 e. The van der Waals surface area contributed by atoms with Gasteiger partial charge in [-0.1, -0.05) is 0 Å². The van der Waals surface area contributed by atoms with Crippen molar-refractivity contribution in [3.8, 4) is 11.1 Å². The van der Waals surface area contributed by atoms with Crippen LogP contribution in [0, 0.1) is 18.7 Å². The van der Waals surface area contributed by atoms with E-state index < -0.39 is 23.2 Å². The second kappa shape index (κ2) is 10.8. The predicted octanol–water partition coefficient (Wildman–Crippen LogP) is 5.21. The molecule has 2 fully saturated rings. The summed E-state index contributed by atoms with van der Waals surface area (Å²) >= 11 is 0. The highest BCUT2D eigenvalue weighted by Crippen LogP contribution is 2.38. The molecule has 0 saturated carbocycles. The van der Waals surface area contributed by atoms with Crippen molar-refractivity contribution in [2.75, 3.05) is 56.7 Å². The highest BCUT2D eigenvalue weighted by molar-refractivity contribution is 6.05. The van der Waals surface area contributed by atoms with E-state index in [1.807, 2.05) is 13.1 Å². The molecule has 222 valence electrons. The van der Waals surface area contributed by atoms with Crippen molar-refractivity contribution in [2.24, 2.45) is 0 Å². The van der Waals surface area contributed by atoms with Gasteiger partial charge in [-0.15, -0.1) is 0 Å². The minimum Gasteiger partial charge on any atom is -0.378 e. The minimum atomic E-state index is -0.765. The van der Waals surface area contributed by atoms with E-state index in [-0.39, 0.29) is 17.3 Å². The third-order valence-electron chi connectivity index (χ3n) is 8.20. The number of anilines is 2. The molecule has 1 N–H and O–H groups in total. The lowest BCUT2D eigenvalue weighted by Gasteiger charge is -2.30. The molecular weight excluding hydrogens is 540 g/mol. The van der Waals surface area contributed by atoms with Crippen molar-refractivity contribution in [1.29, 1.82) is 0 Å². The van der Waals surface area contributed by atoms with Gasteiger partial charge in [0.15, 0.2) is 0 Å². The van der Waals surface area contributed by atoms with Gasteiger partial charge in [0.2, 0.25) is 5.95 Å². The van der Waals surface area contributed by atoms with Crippen LogP contribution in [0.2, 0.25) is 0 Å². The molecule has 4 aromatic rings. The molecule has 11 heteroatoms. The van der Waals surface area contributed by atoms with Gasteiger partial charge in [0.1, 0.15) is 11.4 Å². The van der Waals surface area contributed by atoms with Gasteiger partial charge in [-0.05, 0) is 88.7 Å². The van der Waals surface area contributed by atoms with Gasteiger partial charge in [0.25, 0.3) is 5.91 Å². The van der Waals surface area contributed by atoms with Gasteiger partial charge in [-0.25, -0.2) is 9.07 Å². The largest absolute Gasteiger partial charge is 0.378 e. The predicted molar refractivity (Wildman–Crippen MR) is 159 cm³/mol. The maximum atomic E-state index is 15.2. The molecule has 0 radical (unpaired) electrons. The lowest BCUT2D eigenvalue weighted by molar-refractivity contribution is 0.102. The van der Waals surface area contributed by atoms with E-state index in [1.54, 1.807) is 26.8 Å². The molecule has 2 aliphatic heterocycles. The van der Waals surface area contributed by atoms with E-state index in [0.717, 1.165) is 65.0 Å². The van der Waals surface area contributed by atoms with Crippen molar-refractivity contribution >= 4 is 28.2 Å². The number of morpholine rings is 1. The highest BCUT2D eigenvalue weighted by atomic mass is 19.1. The van der Waals surface area contributed by atoms with Crippen LogP contribution in [0.1, 0.15) is 49.2 Å². The van der Waals surface area contributed by atoms with E-state index in [0.29, 0.717) is 18.8 Å². The van der Waals surface area contributed by atoms with Crippen LogP contribution in [0.5, 0.6) is 0 Å². The number of likely N-dealkylation sites (tertiary alicyclic amines) is 1. The Morgan fingerprint density at radius 3 is 2.48 bits per heavy atom. The number of hydrogen-bond donors (Lipinski definition) is 1. The van der Waals surface area contributed by atoms with E-state index in [2.05, 4.69) is 44.1 Å². The number of benzene rings is 2. The Morgan fingerprint density at radius 1 is 1.05 bits per heavy atom. The minimum absolute atomic E-state index is 0.0267. The number of hydrogen-bond acceptors (Lipinski definition) is 6. The number of carbonyl (C=O) groups is 1. The molecule has 9 nitrogen and oxygen atoms in total. The molecule has 2 saturated heterocycles. The third kappa shape index (κ3) is 5.15. The Kier molecular flexibility index (Phi) is 7.26. The Bertz CT molecular complexity index is 1650. The Balaban J connectivity index is 1.40. The van der Waals surface area contributed by atoms with E-state index in [4.69, 9.17) is 9.84 Å². The van der Waals surface area contributed by atoms with Gasteiger partial charge in [-0.3, -0.25) is 9.48 Å². The van der Waals surface area contributed by atoms with Crippen LogP contribution >= 0.6 is 0 Å². The van der Waals surface area contributed by atoms with Crippen LogP contribution in [0.25, 0.3) is 22.0 Å². The number of ether oxygens (including phenoxy) is 1. The van der Waals surface area contributed by atoms with Crippen molar-refractivity contribution in [2.45, 2.75) is 45.7 Å². The Labute approximate surface area is 244 Å². The molecule has 42 heavy (non-hydrogen) atoms. The van der Waals surface area contributed by atoms with E-state index in [9.17, 15) is 4.79 Å². The molecule has 2 aromatic carbocycles. The summed E-state index contributed by atoms with van der Waals surface area (Å²) in [5.41, 5.74) is 3.59. The average Bonchev–Trinajstić information content (AvgIpc) is 3.67. The van der Waals surface area contributed by atoms with Gasteiger partial charge in [0, 0.05) is 25.0 Å². The van der Waals surface area contributed by atoms with Gasteiger partial charge in [-0.2, -0.15) is 14.6 Å². The molecule has 0 spiro atoms. The smallest absolute Gasteiger partial charge is 0.262 e. The van der Waals surface area contributed by atoms with Crippen LogP contribution in [-0.2, 0) is 10.3 Å². The van der Waals surface area contributed by atoms with Gasteiger partial charge >= 0.3 is 0 Å². The average molecular weight is 578 g/mol. The van der Waals surface area contributed by atoms with Crippen molar-refractivity contribution in [3.63, 3.8) is 0 Å². The Morgan fingerprint density at radius 2 is 1.81 bits per heavy atom. The van der Waals surface area contributed by atoms with Gasteiger partial charge < -0.3 is 19.9 Å². The monoisotopic (exact) mass is 577 g/mol. The molecule has 0 aliphatic carbocycles. The lowest BCUT2D eigenvalue weighted by Crippen LogP contribution is -2.36. The number of nitrogens with one attached hydrogen (secondary N) is 1. The third-order valence-corrected chi connectivity index (χ3v) is 8.20. The zero-order valence-electron chi connectivity index (χ0n) is 24.7. The first-order valence-electron chi connectivity index (χ1n) is 14.4. The van der Waals surface area contributed by atoms with Crippen LogP contribution in [0.3, 0.4) is 0 Å². The number of aryl methyl sites for hydroxylation is 1. The maximum absolute atomic E-state index is 15.2. The lowest BCUT2D eigenvalue weighted by atomic mass is 9.97. The fraction of sp³-hybridized carbons (Fsp3) is 0.452. The summed E-state index contributed by atoms with van der Waals surface area (Å²) in [5.74, 6) is -2.12. The first-order valence-corrected chi connectivity index (χ1v) is 14.4. The van der Waals surface area contributed by atoms with Gasteiger partial charge in [0.05, 0.1) is 54.1 Å². The number of likely N-dealkylation sites (N-methyl/N-ethyl adjacent to an activating group) is 1. The first-order chi connectivity index (χ1) is 20.0. The van der Waals surface area contributed by atoms with E-state index >= 15 is 8.78 Å². The summed E-state index contributed by atoms with van der Waals surface area (Å²) in [4.78, 5) is 17.7. The molecule has 4 heterocycles. The SMILES string of the molecule is Cc1cc(F)c(NC(=O)c2cnn(C(C)(C)C)c2F)cc1-c1cc(N2CCOCC2)c2c(cnn2C2CCN(C)C2)c1. The molecule has 1 atom stereocenters. The number of aromatic nitrogens is 4. The van der Waals surface area contributed by atoms with Crippen molar-refractivity contribution < 1.29 is 18.3 Å². The molecule has 6 rings (SSSR count). The summed E-state index contributed by atoms with van der Waals surface area (Å²) in [6.45, 7) is 12.0. The van der Waals surface area contributed by atoms with Crippen molar-refractivity contribution in [1.82, 2.24) is 24.5 Å². The zero-order chi connectivity index (χ0) is 29.8. The molecule has 2 aliphatic rings. The summed E-state index contributed by atoms with van der Waals surface area (Å²) in [7, 11) is 2.13. The summed E-state index contributed by atoms with van der Waals surface area (Å²) < 4.78 is 39.1. The summed E-state index contributed by atoms with van der Waals surface area (Å²) in [6.07, 6.45) is 4.11. The van der Waals surface area contributed by atoms with Crippen LogP contribution in [0.15, 0.2) is 36.7 Å². The summed E-state index contributed by atoms with van der Waals surface area (Å²) in [6, 6.07) is 7.51. The zero-order valence-corrected chi connectivity index (χ0v) is 24.7. The normalized spacial score (nSPS) is 18.3. The first kappa shape index (κ1) is 28.3. The number of carbonyl (C=O) groups excluding carboxylic acids is 1. The fourth-order valence-corrected chi connectivity index (χ4v) is 5.98. The molecule has 1 unspecified atom stereocenters. The molecule has 2 aromatic heterocycles. The van der Waals surface area contributed by atoms with Crippen LogP contribution in [0.4, 0.5) is 20.2 Å². The molecule has 0 bridgehead atoms. The number of halogens is 2. The van der Waals surface area contributed by atoms with Crippen LogP contribution in [-0.4, -0.2) is 76.8 Å².